The van der Waals surface area contributed by atoms with Gasteiger partial charge in [0, 0.05) is 4.53 Å². The highest BCUT2D eigenvalue weighted by atomic mass is 19.3. The molecule has 0 rings (SSSR count). The van der Waals surface area contributed by atoms with Gasteiger partial charge in [-0.3, -0.25) is 0 Å². The number of allylic oxidation sites excluding steroid dienone is 1. The van der Waals surface area contributed by atoms with E-state index in [9.17, 15) is 18.1 Å². The third-order valence-electron chi connectivity index (χ3n) is 0.889. The molecule has 0 aromatic carbocycles. The molecule has 0 bridgehead atoms. The average molecular weight is 168 g/mol. The Morgan fingerprint density at radius 3 is 2.27 bits per heavy atom. The molecule has 11 heavy (non-hydrogen) atoms. The number of carbonyl (C=O) groups is 1. The largest absolute Gasteiger partial charge is 0.375 e. The molecule has 0 saturated carbocycles. The Hall–Kier alpha value is -1.00. The fourth-order valence-corrected chi connectivity index (χ4v) is 0.297. The van der Waals surface area contributed by atoms with E-state index in [4.69, 9.17) is 0 Å². The molecule has 0 N–H and O–H groups in total. The number of carbonyl (C=O) groups excluding carboxylic acids is 1. The highest BCUT2D eigenvalue weighted by Gasteiger charge is 2.23. The number of alkyl halides is 1. The van der Waals surface area contributed by atoms with Crippen molar-refractivity contribution >= 4 is 5.97 Å². The van der Waals surface area contributed by atoms with Crippen LogP contribution < -0.4 is 0 Å². The normalized spacial score (nSPS) is 13.0. The molecule has 0 aromatic rings. The van der Waals surface area contributed by atoms with Gasteiger partial charge in [0.05, 0.1) is 6.08 Å². The lowest BCUT2D eigenvalue weighted by Crippen LogP contribution is -2.13. The van der Waals surface area contributed by atoms with Gasteiger partial charge in [-0.15, -0.1) is 0 Å². The van der Waals surface area contributed by atoms with E-state index in [1.165, 1.54) is 0 Å². The maximum atomic E-state index is 12.5. The fraction of sp³-hybridized carbons (Fsp3) is 0.500. The number of hydrogen-bond acceptors (Lipinski definition) is 2. The van der Waals surface area contributed by atoms with Crippen molar-refractivity contribution in [3.63, 3.8) is 0 Å². The summed E-state index contributed by atoms with van der Waals surface area (Å²) in [5.74, 6) is -2.94. The quantitative estimate of drug-likeness (QED) is 0.589. The van der Waals surface area contributed by atoms with Crippen LogP contribution in [0.1, 0.15) is 13.8 Å². The van der Waals surface area contributed by atoms with Crippen molar-refractivity contribution in [3.05, 3.63) is 11.9 Å². The lowest BCUT2D eigenvalue weighted by Gasteiger charge is -2.09. The molecule has 0 atom stereocenters. The van der Waals surface area contributed by atoms with Crippen molar-refractivity contribution < 1.29 is 23.0 Å². The molecule has 0 heterocycles. The Labute approximate surface area is 61.5 Å². The van der Waals surface area contributed by atoms with Crippen LogP contribution in [0.4, 0.5) is 13.3 Å². The van der Waals surface area contributed by atoms with E-state index in [1.54, 1.807) is 0 Å². The van der Waals surface area contributed by atoms with Crippen molar-refractivity contribution in [3.8, 4) is 0 Å². The third kappa shape index (κ3) is 3.64. The summed E-state index contributed by atoms with van der Waals surface area (Å²) >= 11 is 0. The number of rotatable bonds is 2. The number of halogens is 3. The van der Waals surface area contributed by atoms with Crippen LogP contribution in [0.3, 0.4) is 0 Å². The van der Waals surface area contributed by atoms with Crippen LogP contribution in [0.25, 0.3) is 0 Å². The molecule has 2 nitrogen and oxygen atoms in total. The first-order valence-electron chi connectivity index (χ1n) is 2.77. The zero-order valence-corrected chi connectivity index (χ0v) is 6.03. The van der Waals surface area contributed by atoms with E-state index < -0.39 is 17.5 Å². The molecule has 0 spiro atoms. The predicted molar refractivity (Wildman–Crippen MR) is 31.6 cm³/mol. The van der Waals surface area contributed by atoms with Crippen LogP contribution in [0.5, 0.6) is 0 Å². The monoisotopic (exact) mass is 168 g/mol. The second kappa shape index (κ2) is 3.41. The summed E-state index contributed by atoms with van der Waals surface area (Å²) in [6, 6.07) is 0. The van der Waals surface area contributed by atoms with Gasteiger partial charge in [0.15, 0.2) is 5.67 Å². The van der Waals surface area contributed by atoms with Crippen molar-refractivity contribution in [2.75, 3.05) is 0 Å². The first-order chi connectivity index (χ1) is 4.88. The van der Waals surface area contributed by atoms with Crippen molar-refractivity contribution in [2.24, 2.45) is 0 Å². The van der Waals surface area contributed by atoms with Crippen molar-refractivity contribution in [1.82, 2.24) is 0 Å². The zero-order chi connectivity index (χ0) is 9.07. The second-order valence-electron chi connectivity index (χ2n) is 2.36. The first kappa shape index (κ1) is 10.0. The third-order valence-corrected chi connectivity index (χ3v) is 0.889. The Morgan fingerprint density at radius 2 is 2.00 bits per heavy atom. The van der Waals surface area contributed by atoms with Crippen LogP contribution in [0.2, 0.25) is 0 Å². The van der Waals surface area contributed by atoms with Gasteiger partial charge < -0.3 is 0 Å². The van der Waals surface area contributed by atoms with Crippen LogP contribution >= 0.6 is 0 Å². The van der Waals surface area contributed by atoms with E-state index in [2.05, 4.69) is 4.94 Å². The molecule has 0 saturated heterocycles. The first-order valence-corrected chi connectivity index (χ1v) is 2.77. The minimum Gasteiger partial charge on any atom is -0.250 e. The smallest absolute Gasteiger partial charge is 0.250 e. The zero-order valence-electron chi connectivity index (χ0n) is 6.03. The number of hydrogen-bond donors (Lipinski definition) is 0. The lowest BCUT2D eigenvalue weighted by atomic mass is 10.1. The predicted octanol–water partition coefficient (Wildman–Crippen LogP) is 2.02. The van der Waals surface area contributed by atoms with Gasteiger partial charge in [-0.05, 0) is 13.8 Å². The van der Waals surface area contributed by atoms with E-state index in [1.807, 2.05) is 0 Å². The summed E-state index contributed by atoms with van der Waals surface area (Å²) in [5, 5.41) is 0. The molecule has 5 heteroatoms. The van der Waals surface area contributed by atoms with E-state index in [-0.39, 0.29) is 6.08 Å². The molecule has 0 fully saturated rings. The molecule has 0 aliphatic heterocycles. The summed E-state index contributed by atoms with van der Waals surface area (Å²) < 4.78 is 35.8. The summed E-state index contributed by atoms with van der Waals surface area (Å²) in [7, 11) is 0. The lowest BCUT2D eigenvalue weighted by molar-refractivity contribution is -0.176. The molecule has 0 unspecified atom stereocenters. The Balaban J connectivity index is 4.35. The van der Waals surface area contributed by atoms with Gasteiger partial charge >= 0.3 is 5.97 Å². The second-order valence-corrected chi connectivity index (χ2v) is 2.36. The Bertz CT molecular complexity index is 181. The van der Waals surface area contributed by atoms with Gasteiger partial charge in [-0.25, -0.2) is 18.5 Å². The molecule has 0 radical (unpaired) electrons. The molecule has 0 aromatic heterocycles. The molecule has 64 valence electrons. The minimum absolute atomic E-state index is 0.111. The standard InChI is InChI=1S/C6H7F3O2/c1-6(2,8)4(7)3-5(10)11-9/h3H,1-2H3/b4-3+. The highest BCUT2D eigenvalue weighted by Crippen LogP contribution is 2.21. The van der Waals surface area contributed by atoms with Crippen LogP contribution in [-0.2, 0) is 9.74 Å². The fourth-order valence-electron chi connectivity index (χ4n) is 0.297. The summed E-state index contributed by atoms with van der Waals surface area (Å²) in [6.45, 7) is 1.79. The van der Waals surface area contributed by atoms with E-state index in [0.29, 0.717) is 0 Å². The minimum atomic E-state index is -2.28. The van der Waals surface area contributed by atoms with Gasteiger partial charge in [-0.1, -0.05) is 0 Å². The average Bonchev–Trinajstić information content (AvgIpc) is 1.85. The maximum Gasteiger partial charge on any atom is 0.375 e. The molecular weight excluding hydrogens is 161 g/mol. The van der Waals surface area contributed by atoms with Gasteiger partial charge in [-0.2, -0.15) is 0 Å². The Morgan fingerprint density at radius 1 is 1.55 bits per heavy atom. The van der Waals surface area contributed by atoms with Gasteiger partial charge in [0.1, 0.15) is 5.83 Å². The molecule has 0 amide bonds. The van der Waals surface area contributed by atoms with E-state index in [0.717, 1.165) is 13.8 Å². The summed E-state index contributed by atoms with van der Waals surface area (Å²) in [6.07, 6.45) is 0.111. The van der Waals surface area contributed by atoms with Crippen molar-refractivity contribution in [1.29, 1.82) is 0 Å². The van der Waals surface area contributed by atoms with Gasteiger partial charge in [0.2, 0.25) is 0 Å². The van der Waals surface area contributed by atoms with Crippen LogP contribution in [-0.4, -0.2) is 11.6 Å². The van der Waals surface area contributed by atoms with Crippen molar-refractivity contribution in [2.45, 2.75) is 19.5 Å². The SMILES string of the molecule is CC(C)(F)/C(F)=C\C(=O)OF. The topological polar surface area (TPSA) is 26.3 Å². The molecule has 0 aliphatic rings. The Kier molecular flexibility index (Phi) is 3.10. The molecule has 0 aliphatic carbocycles. The summed E-state index contributed by atoms with van der Waals surface area (Å²) in [5.41, 5.74) is -2.28. The van der Waals surface area contributed by atoms with Crippen LogP contribution in [0, 0.1) is 0 Å². The van der Waals surface area contributed by atoms with E-state index >= 15 is 0 Å². The van der Waals surface area contributed by atoms with Crippen LogP contribution in [0.15, 0.2) is 11.9 Å². The highest BCUT2D eigenvalue weighted by molar-refractivity contribution is 5.82. The maximum absolute atomic E-state index is 12.5. The van der Waals surface area contributed by atoms with Gasteiger partial charge in [0.25, 0.3) is 0 Å². The molecular formula is C6H7F3O2. The summed E-state index contributed by atoms with van der Waals surface area (Å²) in [4.78, 5) is 12.6.